The van der Waals surface area contributed by atoms with E-state index in [9.17, 15) is 4.79 Å². The van der Waals surface area contributed by atoms with Crippen molar-refractivity contribution in [2.24, 2.45) is 0 Å². The van der Waals surface area contributed by atoms with Crippen molar-refractivity contribution in [1.82, 2.24) is 0 Å². The van der Waals surface area contributed by atoms with Gasteiger partial charge in [0.1, 0.15) is 0 Å². The van der Waals surface area contributed by atoms with Gasteiger partial charge in [-0.05, 0) is 24.3 Å². The molecule has 13 heavy (non-hydrogen) atoms. The van der Waals surface area contributed by atoms with E-state index in [1.54, 1.807) is 24.3 Å². The molecule has 0 unspecified atom stereocenters. The van der Waals surface area contributed by atoms with Crippen molar-refractivity contribution < 1.29 is 4.79 Å². The van der Waals surface area contributed by atoms with Gasteiger partial charge in [0.05, 0.1) is 0 Å². The Morgan fingerprint density at radius 3 is 3.00 bits per heavy atom. The van der Waals surface area contributed by atoms with E-state index in [1.165, 1.54) is 6.08 Å². The number of anilines is 1. The van der Waals surface area contributed by atoms with Crippen LogP contribution in [-0.4, -0.2) is 5.91 Å². The van der Waals surface area contributed by atoms with Crippen molar-refractivity contribution in [1.29, 1.82) is 0 Å². The number of carbonyl (C=O) groups is 1. The minimum absolute atomic E-state index is 0.242. The molecule has 1 N–H and O–H groups in total. The predicted octanol–water partition coefficient (Wildman–Crippen LogP) is 1.79. The normalized spacial score (nSPS) is 8.54. The molecule has 0 radical (unpaired) electrons. The molecular formula is C11H9NO. The summed E-state index contributed by atoms with van der Waals surface area (Å²) in [4.78, 5) is 10.9. The highest BCUT2D eigenvalue weighted by Crippen LogP contribution is 2.09. The standard InChI is InChI=1S/C11H9NO/c1-3-9-6-5-7-10(8-9)12-11(13)4-2/h1,4-8H,2H2,(H,12,13). The molecule has 0 saturated carbocycles. The largest absolute Gasteiger partial charge is 0.322 e. The maximum Gasteiger partial charge on any atom is 0.247 e. The molecule has 0 aliphatic carbocycles. The molecule has 0 aliphatic heterocycles. The van der Waals surface area contributed by atoms with Crippen LogP contribution < -0.4 is 5.32 Å². The molecule has 0 spiro atoms. The first kappa shape index (κ1) is 9.08. The lowest BCUT2D eigenvalue weighted by Crippen LogP contribution is -2.06. The lowest BCUT2D eigenvalue weighted by Gasteiger charge is -2.01. The Bertz CT molecular complexity index is 374. The molecule has 2 heteroatoms. The summed E-state index contributed by atoms with van der Waals surface area (Å²) < 4.78 is 0. The summed E-state index contributed by atoms with van der Waals surface area (Å²) in [6.45, 7) is 3.35. The molecule has 0 aliphatic rings. The van der Waals surface area contributed by atoms with Crippen LogP contribution >= 0.6 is 0 Å². The Morgan fingerprint density at radius 1 is 1.62 bits per heavy atom. The number of rotatable bonds is 2. The molecule has 0 heterocycles. The zero-order valence-corrected chi connectivity index (χ0v) is 7.08. The molecule has 0 aromatic heterocycles. The zero-order chi connectivity index (χ0) is 9.68. The number of carbonyl (C=O) groups excluding carboxylic acids is 1. The van der Waals surface area contributed by atoms with Crippen LogP contribution in [0.15, 0.2) is 36.9 Å². The van der Waals surface area contributed by atoms with E-state index in [2.05, 4.69) is 17.8 Å². The fraction of sp³-hybridized carbons (Fsp3) is 0. The smallest absolute Gasteiger partial charge is 0.247 e. The Morgan fingerprint density at radius 2 is 2.38 bits per heavy atom. The van der Waals surface area contributed by atoms with Gasteiger partial charge in [-0.15, -0.1) is 6.42 Å². The van der Waals surface area contributed by atoms with E-state index >= 15 is 0 Å². The van der Waals surface area contributed by atoms with Crippen LogP contribution in [0.1, 0.15) is 5.56 Å². The monoisotopic (exact) mass is 171 g/mol. The Balaban J connectivity index is 2.85. The lowest BCUT2D eigenvalue weighted by atomic mass is 10.2. The maximum atomic E-state index is 10.9. The van der Waals surface area contributed by atoms with Crippen LogP contribution in [0.5, 0.6) is 0 Å². The van der Waals surface area contributed by atoms with Gasteiger partial charge in [0.25, 0.3) is 0 Å². The van der Waals surface area contributed by atoms with Crippen LogP contribution in [-0.2, 0) is 4.79 Å². The Hall–Kier alpha value is -2.01. The molecule has 64 valence electrons. The van der Waals surface area contributed by atoms with Crippen molar-refractivity contribution in [3.8, 4) is 12.3 Å². The molecule has 1 rings (SSSR count). The predicted molar refractivity (Wildman–Crippen MR) is 53.2 cm³/mol. The fourth-order valence-corrected chi connectivity index (χ4v) is 0.880. The third-order valence-electron chi connectivity index (χ3n) is 1.48. The second-order valence-corrected chi connectivity index (χ2v) is 2.42. The second-order valence-electron chi connectivity index (χ2n) is 2.42. The van der Waals surface area contributed by atoms with E-state index in [1.807, 2.05) is 0 Å². The number of hydrogen-bond acceptors (Lipinski definition) is 1. The Kier molecular flexibility index (Phi) is 2.88. The van der Waals surface area contributed by atoms with Crippen LogP contribution in [0.2, 0.25) is 0 Å². The van der Waals surface area contributed by atoms with Gasteiger partial charge in [0, 0.05) is 11.3 Å². The molecule has 0 atom stereocenters. The van der Waals surface area contributed by atoms with Gasteiger partial charge in [0.2, 0.25) is 5.91 Å². The van der Waals surface area contributed by atoms with E-state index in [-0.39, 0.29) is 5.91 Å². The highest BCUT2D eigenvalue weighted by molar-refractivity contribution is 5.98. The van der Waals surface area contributed by atoms with Gasteiger partial charge >= 0.3 is 0 Å². The van der Waals surface area contributed by atoms with Crippen molar-refractivity contribution in [2.45, 2.75) is 0 Å². The number of benzene rings is 1. The van der Waals surface area contributed by atoms with E-state index in [0.29, 0.717) is 5.69 Å². The molecule has 1 aromatic rings. The van der Waals surface area contributed by atoms with Crippen molar-refractivity contribution >= 4 is 11.6 Å². The highest BCUT2D eigenvalue weighted by atomic mass is 16.1. The summed E-state index contributed by atoms with van der Waals surface area (Å²) in [6.07, 6.45) is 6.41. The molecule has 1 aromatic carbocycles. The van der Waals surface area contributed by atoms with E-state index in [0.717, 1.165) is 5.56 Å². The van der Waals surface area contributed by atoms with E-state index in [4.69, 9.17) is 6.42 Å². The first-order valence-electron chi connectivity index (χ1n) is 3.76. The van der Waals surface area contributed by atoms with Crippen LogP contribution in [0.3, 0.4) is 0 Å². The van der Waals surface area contributed by atoms with Gasteiger partial charge in [-0.25, -0.2) is 0 Å². The van der Waals surface area contributed by atoms with Crippen LogP contribution in [0.4, 0.5) is 5.69 Å². The Labute approximate surface area is 77.3 Å². The van der Waals surface area contributed by atoms with Crippen LogP contribution in [0.25, 0.3) is 0 Å². The number of hydrogen-bond donors (Lipinski definition) is 1. The zero-order valence-electron chi connectivity index (χ0n) is 7.08. The van der Waals surface area contributed by atoms with Crippen molar-refractivity contribution in [2.75, 3.05) is 5.32 Å². The molecule has 0 bridgehead atoms. The van der Waals surface area contributed by atoms with E-state index < -0.39 is 0 Å². The molecular weight excluding hydrogens is 162 g/mol. The van der Waals surface area contributed by atoms with Crippen LogP contribution in [0, 0.1) is 12.3 Å². The summed E-state index contributed by atoms with van der Waals surface area (Å²) in [7, 11) is 0. The summed E-state index contributed by atoms with van der Waals surface area (Å²) in [5.41, 5.74) is 1.42. The van der Waals surface area contributed by atoms with Gasteiger partial charge in [-0.3, -0.25) is 4.79 Å². The van der Waals surface area contributed by atoms with Gasteiger partial charge < -0.3 is 5.32 Å². The average molecular weight is 171 g/mol. The van der Waals surface area contributed by atoms with Crippen molar-refractivity contribution in [3.05, 3.63) is 42.5 Å². The van der Waals surface area contributed by atoms with Gasteiger partial charge in [0.15, 0.2) is 0 Å². The minimum atomic E-state index is -0.242. The van der Waals surface area contributed by atoms with Crippen molar-refractivity contribution in [3.63, 3.8) is 0 Å². The van der Waals surface area contributed by atoms with Gasteiger partial charge in [-0.1, -0.05) is 18.6 Å². The average Bonchev–Trinajstić information content (AvgIpc) is 2.18. The molecule has 0 fully saturated rings. The molecule has 0 saturated heterocycles. The SMILES string of the molecule is C#Cc1cccc(NC(=O)C=C)c1. The molecule has 2 nitrogen and oxygen atoms in total. The minimum Gasteiger partial charge on any atom is -0.322 e. The fourth-order valence-electron chi connectivity index (χ4n) is 0.880. The third kappa shape index (κ3) is 2.49. The quantitative estimate of drug-likeness (QED) is 0.533. The number of amides is 1. The summed E-state index contributed by atoms with van der Waals surface area (Å²) in [6, 6.07) is 7.07. The summed E-state index contributed by atoms with van der Waals surface area (Å²) in [5.74, 6) is 2.24. The topological polar surface area (TPSA) is 29.1 Å². The second kappa shape index (κ2) is 4.13. The van der Waals surface area contributed by atoms with Gasteiger partial charge in [-0.2, -0.15) is 0 Å². The first-order valence-corrected chi connectivity index (χ1v) is 3.76. The first-order chi connectivity index (χ1) is 6.26. The molecule has 1 amide bonds. The number of terminal acetylenes is 1. The highest BCUT2D eigenvalue weighted by Gasteiger charge is 1.96. The third-order valence-corrected chi connectivity index (χ3v) is 1.48. The summed E-state index contributed by atoms with van der Waals surface area (Å²) >= 11 is 0. The lowest BCUT2D eigenvalue weighted by molar-refractivity contribution is -0.111. The maximum absolute atomic E-state index is 10.9. The number of nitrogens with one attached hydrogen (secondary N) is 1. The summed E-state index contributed by atoms with van der Waals surface area (Å²) in [5, 5.41) is 2.61.